The Balaban J connectivity index is 1.92. The van der Waals surface area contributed by atoms with Crippen LogP contribution in [-0.2, 0) is 0 Å². The molecule has 0 aromatic heterocycles. The van der Waals surface area contributed by atoms with Crippen molar-refractivity contribution in [2.45, 2.75) is 0 Å². The van der Waals surface area contributed by atoms with Gasteiger partial charge in [-0.25, -0.2) is 0 Å². The molecule has 1 heterocycles. The van der Waals surface area contributed by atoms with Crippen LogP contribution in [0.5, 0.6) is 0 Å². The number of allylic oxidation sites excluding steroid dienone is 2. The van der Waals surface area contributed by atoms with Crippen molar-refractivity contribution in [2.24, 2.45) is 0 Å². The van der Waals surface area contributed by atoms with Gasteiger partial charge in [0.05, 0.1) is 5.70 Å². The SMILES string of the molecule is CN1CCN(C2=CC(=O)c3ccccc3C2=O)CC1. The smallest absolute Gasteiger partial charge is 0.209 e. The monoisotopic (exact) mass is 256 g/mol. The van der Waals surface area contributed by atoms with Crippen LogP contribution in [0.2, 0.25) is 0 Å². The Morgan fingerprint density at radius 2 is 1.58 bits per heavy atom. The van der Waals surface area contributed by atoms with Gasteiger partial charge in [0.25, 0.3) is 0 Å². The molecule has 3 rings (SSSR count). The summed E-state index contributed by atoms with van der Waals surface area (Å²) in [6.07, 6.45) is 1.50. The van der Waals surface area contributed by atoms with Crippen LogP contribution in [0.15, 0.2) is 36.0 Å². The van der Waals surface area contributed by atoms with Gasteiger partial charge in [-0.2, -0.15) is 0 Å². The first-order valence-electron chi connectivity index (χ1n) is 6.50. The van der Waals surface area contributed by atoms with Gasteiger partial charge in [0.15, 0.2) is 5.78 Å². The van der Waals surface area contributed by atoms with Crippen molar-refractivity contribution in [1.29, 1.82) is 0 Å². The van der Waals surface area contributed by atoms with E-state index in [-0.39, 0.29) is 11.6 Å². The Labute approximate surface area is 112 Å². The summed E-state index contributed by atoms with van der Waals surface area (Å²) in [6.45, 7) is 3.42. The van der Waals surface area contributed by atoms with Crippen molar-refractivity contribution in [1.82, 2.24) is 9.80 Å². The van der Waals surface area contributed by atoms with Crippen LogP contribution in [0.25, 0.3) is 0 Å². The zero-order valence-corrected chi connectivity index (χ0v) is 10.9. The van der Waals surface area contributed by atoms with Crippen molar-refractivity contribution < 1.29 is 9.59 Å². The summed E-state index contributed by atoms with van der Waals surface area (Å²) in [4.78, 5) is 28.8. The van der Waals surface area contributed by atoms with Gasteiger partial charge in [-0.05, 0) is 7.05 Å². The Bertz CT molecular complexity index is 569. The third kappa shape index (κ3) is 2.08. The van der Waals surface area contributed by atoms with E-state index in [0.717, 1.165) is 26.2 Å². The molecule has 1 aliphatic carbocycles. The lowest BCUT2D eigenvalue weighted by atomic mass is 9.92. The molecular formula is C15H16N2O2. The van der Waals surface area contributed by atoms with Gasteiger partial charge in [-0.15, -0.1) is 0 Å². The second kappa shape index (κ2) is 4.63. The third-order valence-corrected chi connectivity index (χ3v) is 3.78. The van der Waals surface area contributed by atoms with E-state index in [4.69, 9.17) is 0 Å². The van der Waals surface area contributed by atoms with E-state index in [9.17, 15) is 9.59 Å². The van der Waals surface area contributed by atoms with Crippen LogP contribution in [0.3, 0.4) is 0 Å². The lowest BCUT2D eigenvalue weighted by Crippen LogP contribution is -2.46. The zero-order chi connectivity index (χ0) is 13.4. The molecule has 1 aromatic carbocycles. The number of fused-ring (bicyclic) bond motifs is 1. The van der Waals surface area contributed by atoms with Gasteiger partial charge in [-0.1, -0.05) is 24.3 Å². The Kier molecular flexibility index (Phi) is 2.95. The number of nitrogens with zero attached hydrogens (tertiary/aromatic N) is 2. The van der Waals surface area contributed by atoms with E-state index in [1.54, 1.807) is 24.3 Å². The summed E-state index contributed by atoms with van der Waals surface area (Å²) < 4.78 is 0. The second-order valence-electron chi connectivity index (χ2n) is 5.06. The number of Topliss-reactive ketones (excluding diaryl/α,β-unsaturated/α-hetero) is 1. The number of carbonyl (C=O) groups is 2. The molecule has 0 radical (unpaired) electrons. The third-order valence-electron chi connectivity index (χ3n) is 3.78. The highest BCUT2D eigenvalue weighted by Crippen LogP contribution is 2.23. The summed E-state index contributed by atoms with van der Waals surface area (Å²) in [5.74, 6) is -0.0936. The van der Waals surface area contributed by atoms with Crippen molar-refractivity contribution in [3.05, 3.63) is 47.2 Å². The van der Waals surface area contributed by atoms with E-state index >= 15 is 0 Å². The molecule has 0 saturated carbocycles. The fourth-order valence-electron chi connectivity index (χ4n) is 2.58. The minimum absolute atomic E-state index is 0.0280. The van der Waals surface area contributed by atoms with Crippen molar-refractivity contribution in [2.75, 3.05) is 33.2 Å². The molecule has 4 heteroatoms. The highest BCUT2D eigenvalue weighted by Gasteiger charge is 2.29. The first-order chi connectivity index (χ1) is 9.16. The largest absolute Gasteiger partial charge is 0.366 e. The molecule has 4 nitrogen and oxygen atoms in total. The molecule has 2 aliphatic rings. The Morgan fingerprint density at radius 1 is 0.947 bits per heavy atom. The molecular weight excluding hydrogens is 240 g/mol. The van der Waals surface area contributed by atoms with Gasteiger partial charge >= 0.3 is 0 Å². The van der Waals surface area contributed by atoms with Gasteiger partial charge in [0.1, 0.15) is 0 Å². The van der Waals surface area contributed by atoms with Gasteiger partial charge < -0.3 is 9.80 Å². The average Bonchev–Trinajstić information content (AvgIpc) is 2.44. The van der Waals surface area contributed by atoms with E-state index in [1.807, 2.05) is 4.90 Å². The lowest BCUT2D eigenvalue weighted by molar-refractivity contribution is 0.0926. The number of ketones is 2. The average molecular weight is 256 g/mol. The number of carbonyl (C=O) groups excluding carboxylic acids is 2. The molecule has 0 atom stereocenters. The normalized spacial score (nSPS) is 20.3. The minimum Gasteiger partial charge on any atom is -0.366 e. The number of rotatable bonds is 1. The summed E-state index contributed by atoms with van der Waals surface area (Å²) in [5, 5.41) is 0. The number of hydrogen-bond donors (Lipinski definition) is 0. The predicted octanol–water partition coefficient (Wildman–Crippen LogP) is 1.20. The van der Waals surface area contributed by atoms with Crippen LogP contribution < -0.4 is 0 Å². The maximum absolute atomic E-state index is 12.5. The maximum Gasteiger partial charge on any atom is 0.209 e. The van der Waals surface area contributed by atoms with Gasteiger partial charge in [0.2, 0.25) is 5.78 Å². The van der Waals surface area contributed by atoms with E-state index in [2.05, 4.69) is 11.9 Å². The Morgan fingerprint density at radius 3 is 2.26 bits per heavy atom. The van der Waals surface area contributed by atoms with Crippen molar-refractivity contribution in [3.8, 4) is 0 Å². The predicted molar refractivity (Wildman–Crippen MR) is 72.3 cm³/mol. The molecule has 98 valence electrons. The summed E-state index contributed by atoms with van der Waals surface area (Å²) in [7, 11) is 2.06. The molecule has 0 spiro atoms. The molecule has 0 unspecified atom stereocenters. The fourth-order valence-corrected chi connectivity index (χ4v) is 2.58. The van der Waals surface area contributed by atoms with Gasteiger partial charge in [-0.3, -0.25) is 9.59 Å². The van der Waals surface area contributed by atoms with Crippen molar-refractivity contribution in [3.63, 3.8) is 0 Å². The maximum atomic E-state index is 12.5. The van der Waals surface area contributed by atoms with Crippen LogP contribution in [-0.4, -0.2) is 54.6 Å². The molecule has 1 fully saturated rings. The number of hydrogen-bond acceptors (Lipinski definition) is 4. The molecule has 0 bridgehead atoms. The Hall–Kier alpha value is -1.94. The molecule has 19 heavy (non-hydrogen) atoms. The first kappa shape index (κ1) is 12.1. The van der Waals surface area contributed by atoms with E-state index < -0.39 is 0 Å². The fraction of sp³-hybridized carbons (Fsp3) is 0.333. The number of benzene rings is 1. The molecule has 0 N–H and O–H groups in total. The van der Waals surface area contributed by atoms with Crippen LogP contribution in [0, 0.1) is 0 Å². The summed E-state index contributed by atoms with van der Waals surface area (Å²) >= 11 is 0. The van der Waals surface area contributed by atoms with Crippen molar-refractivity contribution >= 4 is 11.6 Å². The van der Waals surface area contributed by atoms with Crippen LogP contribution in [0.1, 0.15) is 20.7 Å². The number of piperazine rings is 1. The molecule has 1 saturated heterocycles. The highest BCUT2D eigenvalue weighted by molar-refractivity contribution is 6.24. The lowest BCUT2D eigenvalue weighted by Gasteiger charge is -2.35. The highest BCUT2D eigenvalue weighted by atomic mass is 16.1. The summed E-state index contributed by atoms with van der Waals surface area (Å²) in [6, 6.07) is 7.04. The second-order valence-corrected chi connectivity index (χ2v) is 5.06. The van der Waals surface area contributed by atoms with E-state index in [1.165, 1.54) is 6.08 Å². The van der Waals surface area contributed by atoms with Crippen LogP contribution >= 0.6 is 0 Å². The first-order valence-corrected chi connectivity index (χ1v) is 6.50. The molecule has 0 amide bonds. The van der Waals surface area contributed by atoms with Crippen LogP contribution in [0.4, 0.5) is 0 Å². The number of likely N-dealkylation sites (N-methyl/N-ethyl adjacent to an activating group) is 1. The zero-order valence-electron chi connectivity index (χ0n) is 10.9. The minimum atomic E-state index is -0.0656. The molecule has 1 aromatic rings. The topological polar surface area (TPSA) is 40.6 Å². The molecule has 1 aliphatic heterocycles. The standard InChI is InChI=1S/C15H16N2O2/c1-16-6-8-17(9-7-16)13-10-14(18)11-4-2-3-5-12(11)15(13)19/h2-5,10H,6-9H2,1H3. The van der Waals surface area contributed by atoms with Gasteiger partial charge in [0, 0.05) is 43.4 Å². The quantitative estimate of drug-likeness (QED) is 0.757. The van der Waals surface area contributed by atoms with E-state index in [0.29, 0.717) is 16.8 Å². The summed E-state index contributed by atoms with van der Waals surface area (Å²) in [5.41, 5.74) is 1.60.